The van der Waals surface area contributed by atoms with Crippen molar-refractivity contribution >= 4 is 5.78 Å². The van der Waals surface area contributed by atoms with Crippen molar-refractivity contribution in [2.24, 2.45) is 0 Å². The van der Waals surface area contributed by atoms with Crippen LogP contribution in [-0.4, -0.2) is 62.8 Å². The highest BCUT2D eigenvalue weighted by Gasteiger charge is 2.38. The summed E-state index contributed by atoms with van der Waals surface area (Å²) in [4.78, 5) is 10.9. The molecule has 0 aromatic heterocycles. The summed E-state index contributed by atoms with van der Waals surface area (Å²) in [6.45, 7) is -2.86. The van der Waals surface area contributed by atoms with Crippen LogP contribution in [-0.2, 0) is 4.79 Å². The summed E-state index contributed by atoms with van der Waals surface area (Å²) in [6.07, 6.45) is -1.78. The molecule has 0 aromatic carbocycles. The average molecular weight is 180 g/mol. The molecular formula is C6H12O6. The minimum absolute atomic E-state index is 0.860. The first-order valence-corrected chi connectivity index (χ1v) is 3.29. The molecule has 6 nitrogen and oxygen atoms in total. The van der Waals surface area contributed by atoms with Crippen molar-refractivity contribution < 1.29 is 30.3 Å². The van der Waals surface area contributed by atoms with Crippen LogP contribution in [0.2, 0.25) is 0 Å². The van der Waals surface area contributed by atoms with E-state index in [1.807, 2.05) is 0 Å². The number of hydrogen-bond donors (Lipinski definition) is 5. The summed E-state index contributed by atoms with van der Waals surface area (Å²) in [5, 5.41) is 43.1. The van der Waals surface area contributed by atoms with Gasteiger partial charge in [0.15, 0.2) is 11.4 Å². The molecule has 0 saturated carbocycles. The highest BCUT2D eigenvalue weighted by Crippen LogP contribution is 2.06. The number of carbonyl (C=O) groups excluding carboxylic acids is 1. The lowest BCUT2D eigenvalue weighted by atomic mass is 9.97. The van der Waals surface area contributed by atoms with E-state index in [0.29, 0.717) is 0 Å². The lowest BCUT2D eigenvalue weighted by Crippen LogP contribution is -2.51. The highest BCUT2D eigenvalue weighted by atomic mass is 16.4. The maximum atomic E-state index is 10.9. The molecule has 0 aliphatic rings. The molecule has 0 unspecified atom stereocenters. The Morgan fingerprint density at radius 3 is 1.92 bits per heavy atom. The zero-order valence-electron chi connectivity index (χ0n) is 6.34. The zero-order valence-corrected chi connectivity index (χ0v) is 6.34. The van der Waals surface area contributed by atoms with E-state index in [1.165, 1.54) is 0 Å². The van der Waals surface area contributed by atoms with Gasteiger partial charge in [-0.2, -0.15) is 0 Å². The van der Waals surface area contributed by atoms with Crippen molar-refractivity contribution in [1.29, 1.82) is 0 Å². The van der Waals surface area contributed by atoms with Crippen LogP contribution in [0.5, 0.6) is 0 Å². The quantitative estimate of drug-likeness (QED) is 0.301. The Hall–Kier alpha value is -0.530. The average Bonchev–Trinajstić information content (AvgIpc) is 2.14. The number of Topliss-reactive ketones (excluding diaryl/α,β-unsaturated/α-hetero) is 1. The monoisotopic (exact) mass is 180 g/mol. The Bertz CT molecular complexity index is 152. The Balaban J connectivity index is 4.41. The van der Waals surface area contributed by atoms with E-state index in [2.05, 4.69) is 0 Å². The second-order valence-corrected chi connectivity index (χ2v) is 2.41. The molecule has 72 valence electrons. The summed E-state index contributed by atoms with van der Waals surface area (Å²) >= 11 is 0. The molecule has 0 amide bonds. The van der Waals surface area contributed by atoms with Gasteiger partial charge in [-0.05, 0) is 0 Å². The third-order valence-electron chi connectivity index (χ3n) is 1.46. The third-order valence-corrected chi connectivity index (χ3v) is 1.46. The maximum Gasteiger partial charge on any atom is 0.199 e. The van der Waals surface area contributed by atoms with E-state index >= 15 is 0 Å². The summed E-state index contributed by atoms with van der Waals surface area (Å²) in [5.41, 5.74) is -2.37. The van der Waals surface area contributed by atoms with Gasteiger partial charge in [0.25, 0.3) is 0 Å². The Labute approximate surface area is 68.7 Å². The van der Waals surface area contributed by atoms with Crippen LogP contribution in [0.4, 0.5) is 0 Å². The van der Waals surface area contributed by atoms with Gasteiger partial charge in [-0.15, -0.1) is 0 Å². The number of hydrogen-bond acceptors (Lipinski definition) is 6. The molecule has 1 atom stereocenters. The van der Waals surface area contributed by atoms with E-state index in [1.54, 1.807) is 0 Å². The fourth-order valence-electron chi connectivity index (χ4n) is 0.599. The SMILES string of the molecule is O=C([C@H](O)CO)C(O)(CO)CO. The largest absolute Gasteiger partial charge is 0.393 e. The molecule has 0 heterocycles. The van der Waals surface area contributed by atoms with Gasteiger partial charge in [-0.3, -0.25) is 4.79 Å². The van der Waals surface area contributed by atoms with Gasteiger partial charge in [0.2, 0.25) is 0 Å². The van der Waals surface area contributed by atoms with Crippen LogP contribution in [0.1, 0.15) is 0 Å². The number of ketones is 1. The number of rotatable bonds is 5. The predicted octanol–water partition coefficient (Wildman–Crippen LogP) is -3.38. The van der Waals surface area contributed by atoms with E-state index in [4.69, 9.17) is 25.5 Å². The molecule has 6 heteroatoms. The molecule has 5 N–H and O–H groups in total. The summed E-state index contributed by atoms with van der Waals surface area (Å²) in [7, 11) is 0. The minimum atomic E-state index is -2.37. The van der Waals surface area contributed by atoms with E-state index < -0.39 is 37.3 Å². The molecule has 12 heavy (non-hydrogen) atoms. The molecule has 0 fully saturated rings. The van der Waals surface area contributed by atoms with Crippen LogP contribution in [0.15, 0.2) is 0 Å². The fourth-order valence-corrected chi connectivity index (χ4v) is 0.599. The van der Waals surface area contributed by atoms with Crippen molar-refractivity contribution in [1.82, 2.24) is 0 Å². The van der Waals surface area contributed by atoms with Gasteiger partial charge in [0, 0.05) is 0 Å². The van der Waals surface area contributed by atoms with Crippen LogP contribution < -0.4 is 0 Å². The number of aliphatic hydroxyl groups is 5. The Morgan fingerprint density at radius 2 is 1.67 bits per heavy atom. The molecule has 0 saturated heterocycles. The first-order valence-electron chi connectivity index (χ1n) is 3.29. The zero-order chi connectivity index (χ0) is 9.78. The van der Waals surface area contributed by atoms with Crippen LogP contribution in [0, 0.1) is 0 Å². The maximum absolute atomic E-state index is 10.9. The van der Waals surface area contributed by atoms with Gasteiger partial charge < -0.3 is 25.5 Å². The van der Waals surface area contributed by atoms with Crippen molar-refractivity contribution in [3.05, 3.63) is 0 Å². The third kappa shape index (κ3) is 2.23. The van der Waals surface area contributed by atoms with E-state index in [9.17, 15) is 4.79 Å². The second-order valence-electron chi connectivity index (χ2n) is 2.41. The van der Waals surface area contributed by atoms with Crippen molar-refractivity contribution in [2.45, 2.75) is 11.7 Å². The highest BCUT2D eigenvalue weighted by molar-refractivity contribution is 5.91. The van der Waals surface area contributed by atoms with E-state index in [-0.39, 0.29) is 0 Å². The summed E-state index contributed by atoms with van der Waals surface area (Å²) in [5.74, 6) is -1.20. The molecule has 0 rings (SSSR count). The number of carbonyl (C=O) groups is 1. The smallest absolute Gasteiger partial charge is 0.199 e. The topological polar surface area (TPSA) is 118 Å². The summed E-state index contributed by atoms with van der Waals surface area (Å²) in [6, 6.07) is 0. The summed E-state index contributed by atoms with van der Waals surface area (Å²) < 4.78 is 0. The first kappa shape index (κ1) is 11.5. The van der Waals surface area contributed by atoms with Crippen LogP contribution in [0.3, 0.4) is 0 Å². The molecular weight excluding hydrogens is 168 g/mol. The normalized spacial score (nSPS) is 14.4. The molecule has 0 spiro atoms. The first-order chi connectivity index (χ1) is 5.51. The van der Waals surface area contributed by atoms with Gasteiger partial charge in [-0.1, -0.05) is 0 Å². The Morgan fingerprint density at radius 1 is 1.25 bits per heavy atom. The molecule has 0 aromatic rings. The van der Waals surface area contributed by atoms with Gasteiger partial charge in [0.1, 0.15) is 6.10 Å². The van der Waals surface area contributed by atoms with Crippen LogP contribution in [0.25, 0.3) is 0 Å². The second kappa shape index (κ2) is 4.48. The lowest BCUT2D eigenvalue weighted by molar-refractivity contribution is -0.157. The van der Waals surface area contributed by atoms with Crippen molar-refractivity contribution in [3.8, 4) is 0 Å². The number of aliphatic hydroxyl groups excluding tert-OH is 4. The van der Waals surface area contributed by atoms with Gasteiger partial charge in [0.05, 0.1) is 19.8 Å². The van der Waals surface area contributed by atoms with Crippen LogP contribution >= 0.6 is 0 Å². The molecule has 0 radical (unpaired) electrons. The van der Waals surface area contributed by atoms with Gasteiger partial charge in [-0.25, -0.2) is 0 Å². The Kier molecular flexibility index (Phi) is 4.29. The van der Waals surface area contributed by atoms with Gasteiger partial charge >= 0.3 is 0 Å². The standard InChI is InChI=1S/C6H12O6/c7-1-4(10)5(11)6(12,2-8)3-9/h4,7-10,12H,1-3H2/t4-/m1/s1. The van der Waals surface area contributed by atoms with E-state index in [0.717, 1.165) is 0 Å². The van der Waals surface area contributed by atoms with Crippen molar-refractivity contribution in [2.75, 3.05) is 19.8 Å². The molecule has 0 bridgehead atoms. The fraction of sp³-hybridized carbons (Fsp3) is 0.833. The van der Waals surface area contributed by atoms with Crippen molar-refractivity contribution in [3.63, 3.8) is 0 Å². The molecule has 0 aliphatic carbocycles. The molecule has 0 aliphatic heterocycles. The predicted molar refractivity (Wildman–Crippen MR) is 37.2 cm³/mol. The minimum Gasteiger partial charge on any atom is -0.393 e. The lowest BCUT2D eigenvalue weighted by Gasteiger charge is -2.23.